The predicted molar refractivity (Wildman–Crippen MR) is 146 cm³/mol. The first-order valence-electron chi connectivity index (χ1n) is 12.4. The van der Waals surface area contributed by atoms with Crippen LogP contribution in [0.5, 0.6) is 0 Å². The molecule has 4 atom stereocenters. The summed E-state index contributed by atoms with van der Waals surface area (Å²) in [5, 5.41) is 17.4. The fourth-order valence-electron chi connectivity index (χ4n) is 3.52. The summed E-state index contributed by atoms with van der Waals surface area (Å²) in [6.45, 7) is 3.93. The summed E-state index contributed by atoms with van der Waals surface area (Å²) in [4.78, 5) is 61.3. The molecule has 0 aromatic carbocycles. The molecule has 0 bridgehead atoms. The van der Waals surface area contributed by atoms with Crippen LogP contribution in [0.3, 0.4) is 0 Å². The Kier molecular flexibility index (Phi) is 14.8. The van der Waals surface area contributed by atoms with Crippen LogP contribution in [0, 0.1) is 5.92 Å². The van der Waals surface area contributed by atoms with E-state index in [4.69, 9.17) is 17.2 Å². The number of carboxylic acids is 1. The minimum Gasteiger partial charge on any atom is -0.480 e. The van der Waals surface area contributed by atoms with E-state index >= 15 is 0 Å². The van der Waals surface area contributed by atoms with E-state index < -0.39 is 47.9 Å². The highest BCUT2D eigenvalue weighted by atomic mass is 32.2. The highest BCUT2D eigenvalue weighted by Crippen LogP contribution is 2.09. The van der Waals surface area contributed by atoms with Gasteiger partial charge in [-0.3, -0.25) is 19.4 Å². The van der Waals surface area contributed by atoms with Gasteiger partial charge >= 0.3 is 5.97 Å². The van der Waals surface area contributed by atoms with Crippen molar-refractivity contribution in [2.75, 3.05) is 18.6 Å². The Labute approximate surface area is 226 Å². The lowest BCUT2D eigenvalue weighted by Gasteiger charge is -2.25. The largest absolute Gasteiger partial charge is 0.480 e. The van der Waals surface area contributed by atoms with Crippen LogP contribution in [-0.2, 0) is 25.6 Å². The zero-order valence-electron chi connectivity index (χ0n) is 22.1. The van der Waals surface area contributed by atoms with E-state index in [2.05, 4.69) is 30.9 Å². The van der Waals surface area contributed by atoms with Crippen LogP contribution in [0.4, 0.5) is 0 Å². The second-order valence-electron chi connectivity index (χ2n) is 9.27. The molecule has 0 spiro atoms. The van der Waals surface area contributed by atoms with Crippen LogP contribution >= 0.6 is 11.8 Å². The number of aliphatic carboxylic acids is 1. The summed E-state index contributed by atoms with van der Waals surface area (Å²) in [5.41, 5.74) is 17.4. The molecular formula is C23H41N9O5S. The van der Waals surface area contributed by atoms with E-state index in [1.807, 2.05) is 20.1 Å². The van der Waals surface area contributed by atoms with Gasteiger partial charge in [0.15, 0.2) is 5.96 Å². The number of aromatic amines is 1. The van der Waals surface area contributed by atoms with Crippen molar-refractivity contribution in [2.24, 2.45) is 28.1 Å². The van der Waals surface area contributed by atoms with E-state index in [-0.39, 0.29) is 44.1 Å². The van der Waals surface area contributed by atoms with Crippen LogP contribution in [0.2, 0.25) is 0 Å². The van der Waals surface area contributed by atoms with Crippen molar-refractivity contribution < 1.29 is 24.3 Å². The van der Waals surface area contributed by atoms with Crippen LogP contribution in [0.15, 0.2) is 17.5 Å². The van der Waals surface area contributed by atoms with Gasteiger partial charge < -0.3 is 43.2 Å². The molecule has 0 saturated carbocycles. The fourth-order valence-corrected chi connectivity index (χ4v) is 3.99. The number of nitrogens with two attached hydrogens (primary N) is 3. The van der Waals surface area contributed by atoms with Crippen molar-refractivity contribution in [3.63, 3.8) is 0 Å². The van der Waals surface area contributed by atoms with E-state index in [1.165, 1.54) is 18.1 Å². The molecule has 1 rings (SSSR count). The second kappa shape index (κ2) is 17.2. The Morgan fingerprint density at radius 1 is 1.05 bits per heavy atom. The maximum Gasteiger partial charge on any atom is 0.326 e. The lowest BCUT2D eigenvalue weighted by molar-refractivity contribution is -0.142. The van der Waals surface area contributed by atoms with Gasteiger partial charge in [0.05, 0.1) is 12.4 Å². The number of thioether (sulfide) groups is 1. The van der Waals surface area contributed by atoms with Crippen molar-refractivity contribution in [2.45, 2.75) is 70.1 Å². The molecule has 15 heteroatoms. The number of carbonyl (C=O) groups is 4. The van der Waals surface area contributed by atoms with E-state index in [0.717, 1.165) is 0 Å². The molecule has 0 aliphatic carbocycles. The van der Waals surface area contributed by atoms with Gasteiger partial charge in [-0.15, -0.1) is 0 Å². The van der Waals surface area contributed by atoms with Gasteiger partial charge in [0.1, 0.15) is 18.1 Å². The van der Waals surface area contributed by atoms with Gasteiger partial charge in [-0.05, 0) is 43.6 Å². The third-order valence-corrected chi connectivity index (χ3v) is 6.12. The number of guanidine groups is 1. The first-order chi connectivity index (χ1) is 17.9. The summed E-state index contributed by atoms with van der Waals surface area (Å²) < 4.78 is 0. The predicted octanol–water partition coefficient (Wildman–Crippen LogP) is -1.33. The van der Waals surface area contributed by atoms with Crippen molar-refractivity contribution in [3.05, 3.63) is 18.2 Å². The lowest BCUT2D eigenvalue weighted by atomic mass is 10.0. The standard InChI is InChI=1S/C23H41N9O5S/c1-13(2)9-18(22(36)37)32-21(35)17(6-8-38-3)31-20(34)16(5-4-7-28-23(25)26)30-19(33)15(24)10-14-11-27-12-29-14/h11-13,15-18H,4-10,24H2,1-3H3,(H,27,29)(H,30,33)(H,31,34)(H,32,35)(H,36,37)(H4,25,26,28). The third-order valence-electron chi connectivity index (χ3n) is 5.48. The molecule has 4 unspecified atom stereocenters. The average Bonchev–Trinajstić information content (AvgIpc) is 3.35. The molecule has 214 valence electrons. The number of H-pyrrole nitrogens is 1. The van der Waals surface area contributed by atoms with Crippen molar-refractivity contribution in [1.82, 2.24) is 25.9 Å². The van der Waals surface area contributed by atoms with Gasteiger partial charge in [0, 0.05) is 24.9 Å². The summed E-state index contributed by atoms with van der Waals surface area (Å²) in [6, 6.07) is -4.07. The number of rotatable bonds is 18. The summed E-state index contributed by atoms with van der Waals surface area (Å²) in [6.07, 6.45) is 6.09. The molecule has 1 heterocycles. The van der Waals surface area contributed by atoms with E-state index in [1.54, 1.807) is 6.20 Å². The van der Waals surface area contributed by atoms with Crippen molar-refractivity contribution >= 4 is 41.4 Å². The Bertz CT molecular complexity index is 922. The average molecular weight is 556 g/mol. The molecule has 1 aromatic rings. The van der Waals surface area contributed by atoms with E-state index in [0.29, 0.717) is 17.9 Å². The van der Waals surface area contributed by atoms with Crippen molar-refractivity contribution in [1.29, 1.82) is 0 Å². The maximum absolute atomic E-state index is 13.3. The number of amides is 3. The minimum atomic E-state index is -1.15. The number of carbonyl (C=O) groups excluding carboxylic acids is 3. The van der Waals surface area contributed by atoms with Gasteiger partial charge in [0.2, 0.25) is 17.7 Å². The van der Waals surface area contributed by atoms with Crippen LogP contribution < -0.4 is 33.2 Å². The quantitative estimate of drug-likeness (QED) is 0.0602. The minimum absolute atomic E-state index is 0.0337. The lowest BCUT2D eigenvalue weighted by Crippen LogP contribution is -2.57. The number of nitrogens with one attached hydrogen (secondary N) is 4. The smallest absolute Gasteiger partial charge is 0.326 e. The molecule has 0 saturated heterocycles. The summed E-state index contributed by atoms with van der Waals surface area (Å²) in [7, 11) is 0. The van der Waals surface area contributed by atoms with Crippen molar-refractivity contribution in [3.8, 4) is 0 Å². The summed E-state index contributed by atoms with van der Waals surface area (Å²) in [5.74, 6) is -2.45. The fraction of sp³-hybridized carbons (Fsp3) is 0.652. The SMILES string of the molecule is CSCCC(NC(=O)C(CCCN=C(N)N)NC(=O)C(N)Cc1cnc[nH]1)C(=O)NC(CC(C)C)C(=O)O. The molecule has 11 N–H and O–H groups in total. The van der Waals surface area contributed by atoms with Crippen LogP contribution in [0.1, 0.15) is 45.2 Å². The molecule has 0 aliphatic heterocycles. The molecule has 38 heavy (non-hydrogen) atoms. The first-order valence-corrected chi connectivity index (χ1v) is 13.7. The highest BCUT2D eigenvalue weighted by Gasteiger charge is 2.30. The molecule has 3 amide bonds. The Morgan fingerprint density at radius 2 is 1.66 bits per heavy atom. The van der Waals surface area contributed by atoms with Crippen LogP contribution in [-0.4, -0.2) is 87.4 Å². The molecule has 0 aliphatic rings. The Hall–Kier alpha value is -3.33. The molecular weight excluding hydrogens is 514 g/mol. The van der Waals surface area contributed by atoms with Gasteiger partial charge in [0.25, 0.3) is 0 Å². The number of carboxylic acid groups (broad SMARTS) is 1. The number of hydrogen-bond donors (Lipinski definition) is 8. The Morgan fingerprint density at radius 3 is 2.18 bits per heavy atom. The number of imidazole rings is 1. The number of aliphatic imine (C=N–C) groups is 1. The number of nitrogens with zero attached hydrogens (tertiary/aromatic N) is 2. The molecule has 1 aromatic heterocycles. The van der Waals surface area contributed by atoms with Gasteiger partial charge in [-0.1, -0.05) is 13.8 Å². The van der Waals surface area contributed by atoms with E-state index in [9.17, 15) is 24.3 Å². The van der Waals surface area contributed by atoms with Crippen LogP contribution in [0.25, 0.3) is 0 Å². The summed E-state index contributed by atoms with van der Waals surface area (Å²) >= 11 is 1.47. The number of hydrogen-bond acceptors (Lipinski definition) is 8. The Balaban J connectivity index is 2.99. The zero-order valence-corrected chi connectivity index (χ0v) is 22.9. The third kappa shape index (κ3) is 12.8. The normalized spacial score (nSPS) is 14.1. The molecule has 0 radical (unpaired) electrons. The molecule has 14 nitrogen and oxygen atoms in total. The number of aromatic nitrogens is 2. The molecule has 0 fully saturated rings. The van der Waals surface area contributed by atoms with Gasteiger partial charge in [-0.25, -0.2) is 9.78 Å². The second-order valence-corrected chi connectivity index (χ2v) is 10.3. The van der Waals surface area contributed by atoms with Gasteiger partial charge in [-0.2, -0.15) is 11.8 Å². The topological polar surface area (TPSA) is 244 Å². The highest BCUT2D eigenvalue weighted by molar-refractivity contribution is 7.98. The maximum atomic E-state index is 13.3. The monoisotopic (exact) mass is 555 g/mol. The zero-order chi connectivity index (χ0) is 28.7. The first kappa shape index (κ1) is 32.7.